The maximum absolute atomic E-state index is 6.17. The van der Waals surface area contributed by atoms with Gasteiger partial charge in [0.15, 0.2) is 0 Å². The van der Waals surface area contributed by atoms with E-state index in [-0.39, 0.29) is 6.10 Å². The zero-order chi connectivity index (χ0) is 17.2. The summed E-state index contributed by atoms with van der Waals surface area (Å²) < 4.78 is 6.17. The summed E-state index contributed by atoms with van der Waals surface area (Å²) in [5.41, 5.74) is 2.03. The van der Waals surface area contributed by atoms with E-state index in [1.807, 2.05) is 24.4 Å². The molecular weight excluding hydrogens is 294 g/mol. The van der Waals surface area contributed by atoms with Crippen LogP contribution in [0.25, 0.3) is 0 Å². The van der Waals surface area contributed by atoms with Crippen LogP contribution in [0.15, 0.2) is 36.0 Å². The first-order valence-corrected chi connectivity index (χ1v) is 9.85. The zero-order valence-corrected chi connectivity index (χ0v) is 15.8. The number of pyridine rings is 1. The van der Waals surface area contributed by atoms with Crippen LogP contribution in [0.2, 0.25) is 0 Å². The molecular formula is C22H33NO. The van der Waals surface area contributed by atoms with Gasteiger partial charge >= 0.3 is 0 Å². The SMILES string of the molecule is CCC(C)C1C(CC)CC=C2C[C@@H](Oc3ccccn3)CC[C@@]21C. The number of rotatable bonds is 5. The van der Waals surface area contributed by atoms with Crippen LogP contribution in [0.1, 0.15) is 66.2 Å². The van der Waals surface area contributed by atoms with Gasteiger partial charge in [-0.1, -0.05) is 58.3 Å². The summed E-state index contributed by atoms with van der Waals surface area (Å²) in [6.45, 7) is 9.74. The van der Waals surface area contributed by atoms with Gasteiger partial charge in [0.1, 0.15) is 6.10 Å². The Bertz CT molecular complexity index is 567. The molecule has 5 atom stereocenters. The maximum Gasteiger partial charge on any atom is 0.213 e. The summed E-state index contributed by atoms with van der Waals surface area (Å²) in [6, 6.07) is 5.91. The van der Waals surface area contributed by atoms with Crippen molar-refractivity contribution in [3.63, 3.8) is 0 Å². The van der Waals surface area contributed by atoms with Gasteiger partial charge in [-0.25, -0.2) is 4.98 Å². The number of nitrogens with zero attached hydrogens (tertiary/aromatic N) is 1. The minimum absolute atomic E-state index is 0.287. The normalized spacial score (nSPS) is 34.2. The highest BCUT2D eigenvalue weighted by Crippen LogP contribution is 2.56. The molecule has 3 unspecified atom stereocenters. The lowest BCUT2D eigenvalue weighted by atomic mass is 9.53. The van der Waals surface area contributed by atoms with Crippen molar-refractivity contribution in [3.05, 3.63) is 36.0 Å². The van der Waals surface area contributed by atoms with Crippen molar-refractivity contribution in [3.8, 4) is 5.88 Å². The molecule has 2 aliphatic carbocycles. The van der Waals surface area contributed by atoms with Gasteiger partial charge < -0.3 is 4.74 Å². The third kappa shape index (κ3) is 3.25. The van der Waals surface area contributed by atoms with Gasteiger partial charge in [-0.2, -0.15) is 0 Å². The standard InChI is InChI=1S/C22H33NO/c1-5-16(3)21-17(6-2)10-11-18-15-19(12-13-22(18,21)4)24-20-9-7-8-14-23-20/h7-9,11,14,16-17,19,21H,5-6,10,12-13,15H2,1-4H3/t16?,17?,19-,21?,22-/m0/s1. The van der Waals surface area contributed by atoms with E-state index in [9.17, 15) is 0 Å². The van der Waals surface area contributed by atoms with Crippen LogP contribution in [-0.4, -0.2) is 11.1 Å². The summed E-state index contributed by atoms with van der Waals surface area (Å²) in [4.78, 5) is 4.33. The van der Waals surface area contributed by atoms with Crippen LogP contribution in [0.3, 0.4) is 0 Å². The summed E-state index contributed by atoms with van der Waals surface area (Å²) in [5, 5.41) is 0. The van der Waals surface area contributed by atoms with Crippen molar-refractivity contribution >= 4 is 0 Å². The van der Waals surface area contributed by atoms with E-state index in [0.717, 1.165) is 36.5 Å². The number of hydrogen-bond donors (Lipinski definition) is 0. The highest BCUT2D eigenvalue weighted by Gasteiger charge is 2.48. The first kappa shape index (κ1) is 17.5. The second-order valence-electron chi connectivity index (χ2n) is 8.11. The van der Waals surface area contributed by atoms with E-state index in [1.165, 1.54) is 25.7 Å². The van der Waals surface area contributed by atoms with Crippen LogP contribution in [0.4, 0.5) is 0 Å². The monoisotopic (exact) mass is 327 g/mol. The van der Waals surface area contributed by atoms with E-state index in [4.69, 9.17) is 4.74 Å². The largest absolute Gasteiger partial charge is 0.474 e. The van der Waals surface area contributed by atoms with E-state index in [2.05, 4.69) is 38.8 Å². The Morgan fingerprint density at radius 3 is 2.83 bits per heavy atom. The van der Waals surface area contributed by atoms with Crippen molar-refractivity contribution < 1.29 is 4.74 Å². The van der Waals surface area contributed by atoms with Crippen molar-refractivity contribution in [2.24, 2.45) is 23.2 Å². The summed E-state index contributed by atoms with van der Waals surface area (Å²) in [5.74, 6) is 3.24. The highest BCUT2D eigenvalue weighted by molar-refractivity contribution is 5.24. The van der Waals surface area contributed by atoms with Crippen molar-refractivity contribution in [2.75, 3.05) is 0 Å². The Kier molecular flexibility index (Phi) is 5.32. The minimum Gasteiger partial charge on any atom is -0.474 e. The predicted octanol–water partition coefficient (Wildman–Crippen LogP) is 6.04. The Morgan fingerprint density at radius 2 is 2.17 bits per heavy atom. The second kappa shape index (κ2) is 7.29. The van der Waals surface area contributed by atoms with Gasteiger partial charge in [-0.05, 0) is 48.5 Å². The van der Waals surface area contributed by atoms with Crippen LogP contribution in [-0.2, 0) is 0 Å². The van der Waals surface area contributed by atoms with Crippen molar-refractivity contribution in [1.82, 2.24) is 4.98 Å². The minimum atomic E-state index is 0.287. The molecule has 0 N–H and O–H groups in total. The zero-order valence-electron chi connectivity index (χ0n) is 15.8. The van der Waals surface area contributed by atoms with Crippen molar-refractivity contribution in [1.29, 1.82) is 0 Å². The molecule has 0 bridgehead atoms. The molecule has 0 spiro atoms. The van der Waals surface area contributed by atoms with Gasteiger partial charge in [0.2, 0.25) is 5.88 Å². The third-order valence-electron chi connectivity index (χ3n) is 6.78. The summed E-state index contributed by atoms with van der Waals surface area (Å²) in [6.07, 6.45) is 12.0. The molecule has 1 saturated carbocycles. The average Bonchev–Trinajstić information content (AvgIpc) is 2.61. The Morgan fingerprint density at radius 1 is 1.33 bits per heavy atom. The fourth-order valence-corrected chi connectivity index (χ4v) is 5.31. The fraction of sp³-hybridized carbons (Fsp3) is 0.682. The predicted molar refractivity (Wildman–Crippen MR) is 100 cm³/mol. The lowest BCUT2D eigenvalue weighted by molar-refractivity contribution is 0.0276. The van der Waals surface area contributed by atoms with E-state index in [0.29, 0.717) is 5.41 Å². The number of aromatic nitrogens is 1. The first-order valence-electron chi connectivity index (χ1n) is 9.85. The molecule has 2 heteroatoms. The molecule has 0 radical (unpaired) electrons. The second-order valence-corrected chi connectivity index (χ2v) is 8.11. The first-order chi connectivity index (χ1) is 11.6. The third-order valence-corrected chi connectivity index (χ3v) is 6.78. The topological polar surface area (TPSA) is 22.1 Å². The summed E-state index contributed by atoms with van der Waals surface area (Å²) in [7, 11) is 0. The van der Waals surface area contributed by atoms with Gasteiger partial charge in [-0.3, -0.25) is 0 Å². The molecule has 0 saturated heterocycles. The molecule has 2 aliphatic rings. The van der Waals surface area contributed by atoms with Crippen molar-refractivity contribution in [2.45, 2.75) is 72.3 Å². The fourth-order valence-electron chi connectivity index (χ4n) is 5.31. The molecule has 1 aromatic rings. The maximum atomic E-state index is 6.17. The van der Waals surface area contributed by atoms with Crippen LogP contribution < -0.4 is 4.74 Å². The molecule has 1 fully saturated rings. The van der Waals surface area contributed by atoms with Gasteiger partial charge in [0, 0.05) is 18.7 Å². The smallest absolute Gasteiger partial charge is 0.213 e. The van der Waals surface area contributed by atoms with E-state index < -0.39 is 0 Å². The molecule has 2 nitrogen and oxygen atoms in total. The van der Waals surface area contributed by atoms with Crippen LogP contribution >= 0.6 is 0 Å². The molecule has 1 aromatic heterocycles. The Hall–Kier alpha value is -1.31. The Labute approximate surface area is 147 Å². The molecule has 132 valence electrons. The quantitative estimate of drug-likeness (QED) is 0.615. The number of fused-ring (bicyclic) bond motifs is 1. The molecule has 3 rings (SSSR count). The lowest BCUT2D eigenvalue weighted by Crippen LogP contribution is -2.45. The average molecular weight is 328 g/mol. The van der Waals surface area contributed by atoms with Gasteiger partial charge in [0.05, 0.1) is 0 Å². The van der Waals surface area contributed by atoms with Gasteiger partial charge in [0.25, 0.3) is 0 Å². The molecule has 0 amide bonds. The van der Waals surface area contributed by atoms with E-state index in [1.54, 1.807) is 5.57 Å². The van der Waals surface area contributed by atoms with E-state index >= 15 is 0 Å². The number of ether oxygens (including phenoxy) is 1. The van der Waals surface area contributed by atoms with Gasteiger partial charge in [-0.15, -0.1) is 0 Å². The van der Waals surface area contributed by atoms with Crippen LogP contribution in [0.5, 0.6) is 5.88 Å². The Balaban J connectivity index is 1.78. The lowest BCUT2D eigenvalue weighted by Gasteiger charge is -2.52. The molecule has 0 aliphatic heterocycles. The number of allylic oxidation sites excluding steroid dienone is 1. The molecule has 0 aromatic carbocycles. The van der Waals surface area contributed by atoms with Crippen LogP contribution in [0, 0.1) is 23.2 Å². The summed E-state index contributed by atoms with van der Waals surface area (Å²) >= 11 is 0. The number of hydrogen-bond acceptors (Lipinski definition) is 2. The molecule has 24 heavy (non-hydrogen) atoms. The molecule has 1 heterocycles. The highest BCUT2D eigenvalue weighted by atomic mass is 16.5.